The van der Waals surface area contributed by atoms with Crippen molar-refractivity contribution in [3.05, 3.63) is 29.8 Å². The Morgan fingerprint density at radius 3 is 2.74 bits per heavy atom. The number of amidine groups is 1. The quantitative estimate of drug-likeness (QED) is 0.562. The third kappa shape index (κ3) is 4.62. The van der Waals surface area contributed by atoms with E-state index in [0.29, 0.717) is 13.1 Å². The van der Waals surface area contributed by atoms with Gasteiger partial charge >= 0.3 is 6.03 Å². The van der Waals surface area contributed by atoms with Crippen LogP contribution >= 0.6 is 0 Å². The number of amides is 2. The average molecular weight is 262 g/mol. The number of benzene rings is 1. The van der Waals surface area contributed by atoms with Crippen LogP contribution in [0.2, 0.25) is 0 Å². The van der Waals surface area contributed by atoms with Crippen molar-refractivity contribution in [3.63, 3.8) is 0 Å². The smallest absolute Gasteiger partial charge is 0.321 e. The van der Waals surface area contributed by atoms with Crippen LogP contribution in [0.5, 0.6) is 0 Å². The molecule has 0 heterocycles. The fourth-order valence-corrected chi connectivity index (χ4v) is 1.71. The van der Waals surface area contributed by atoms with Crippen LogP contribution in [0.15, 0.2) is 24.3 Å². The van der Waals surface area contributed by atoms with E-state index in [1.165, 1.54) is 0 Å². The summed E-state index contributed by atoms with van der Waals surface area (Å²) in [5, 5.41) is 10.2. The third-order valence-electron chi connectivity index (χ3n) is 2.96. The number of nitrogens with zero attached hydrogens (tertiary/aromatic N) is 1. The molecule has 1 atom stereocenters. The molecule has 0 saturated heterocycles. The normalized spacial score (nSPS) is 11.7. The van der Waals surface area contributed by atoms with Crippen molar-refractivity contribution in [1.82, 2.24) is 4.90 Å². The summed E-state index contributed by atoms with van der Waals surface area (Å²) in [5.74, 6) is -0.0370. The van der Waals surface area contributed by atoms with Crippen molar-refractivity contribution < 1.29 is 4.79 Å². The lowest BCUT2D eigenvalue weighted by Gasteiger charge is -2.24. The molecule has 5 nitrogen and oxygen atoms in total. The van der Waals surface area contributed by atoms with Crippen LogP contribution in [0, 0.1) is 18.3 Å². The maximum atomic E-state index is 12.1. The Bertz CT molecular complexity index is 459. The largest absolute Gasteiger partial charge is 0.387 e. The summed E-state index contributed by atoms with van der Waals surface area (Å²) in [6.45, 7) is 6.75. The Morgan fingerprint density at radius 1 is 1.53 bits per heavy atom. The van der Waals surface area contributed by atoms with E-state index in [0.717, 1.165) is 11.3 Å². The summed E-state index contributed by atoms with van der Waals surface area (Å²) >= 11 is 0. The van der Waals surface area contributed by atoms with Crippen LogP contribution in [-0.2, 0) is 0 Å². The van der Waals surface area contributed by atoms with E-state index in [4.69, 9.17) is 11.1 Å². The minimum Gasteiger partial charge on any atom is -0.387 e. The van der Waals surface area contributed by atoms with Gasteiger partial charge in [0.05, 0.1) is 5.84 Å². The number of hydrogen-bond acceptors (Lipinski definition) is 2. The molecule has 1 rings (SSSR count). The number of carbonyl (C=O) groups excluding carboxylic acids is 1. The molecule has 1 unspecified atom stereocenters. The van der Waals surface area contributed by atoms with E-state index >= 15 is 0 Å². The number of nitrogens with two attached hydrogens (primary N) is 1. The third-order valence-corrected chi connectivity index (χ3v) is 2.96. The molecule has 4 N–H and O–H groups in total. The van der Waals surface area contributed by atoms with Gasteiger partial charge in [0.25, 0.3) is 0 Å². The van der Waals surface area contributed by atoms with Gasteiger partial charge in [0.15, 0.2) is 0 Å². The zero-order valence-corrected chi connectivity index (χ0v) is 11.7. The van der Waals surface area contributed by atoms with Crippen LogP contribution in [0.4, 0.5) is 10.5 Å². The summed E-state index contributed by atoms with van der Waals surface area (Å²) in [4.78, 5) is 13.8. The van der Waals surface area contributed by atoms with E-state index in [1.54, 1.807) is 4.90 Å². The predicted molar refractivity (Wildman–Crippen MR) is 78.5 cm³/mol. The molecule has 104 valence electrons. The molecule has 0 spiro atoms. The van der Waals surface area contributed by atoms with Gasteiger partial charge in [-0.2, -0.15) is 0 Å². The average Bonchev–Trinajstić information content (AvgIpc) is 2.35. The van der Waals surface area contributed by atoms with Crippen molar-refractivity contribution in [2.24, 2.45) is 11.7 Å². The number of anilines is 1. The molecular formula is C14H22N4O. The minimum absolute atomic E-state index is 0.0989. The number of hydrogen-bond donors (Lipinski definition) is 3. The molecule has 19 heavy (non-hydrogen) atoms. The summed E-state index contributed by atoms with van der Waals surface area (Å²) in [6, 6.07) is 7.49. The van der Waals surface area contributed by atoms with E-state index in [9.17, 15) is 4.79 Å². The lowest BCUT2D eigenvalue weighted by Crippen LogP contribution is -2.40. The highest BCUT2D eigenvalue weighted by Gasteiger charge is 2.16. The lowest BCUT2D eigenvalue weighted by atomic mass is 10.1. The zero-order valence-electron chi connectivity index (χ0n) is 11.7. The summed E-state index contributed by atoms with van der Waals surface area (Å²) in [7, 11) is 0. The van der Waals surface area contributed by atoms with Crippen molar-refractivity contribution in [2.75, 3.05) is 18.4 Å². The number of urea groups is 1. The molecule has 0 fully saturated rings. The molecule has 0 aliphatic carbocycles. The van der Waals surface area contributed by atoms with Gasteiger partial charge in [0.1, 0.15) is 0 Å². The van der Waals surface area contributed by atoms with Crippen LogP contribution in [0.3, 0.4) is 0 Å². The van der Waals surface area contributed by atoms with Gasteiger partial charge in [-0.1, -0.05) is 19.1 Å². The fourth-order valence-electron chi connectivity index (χ4n) is 1.71. The molecule has 0 bridgehead atoms. The zero-order chi connectivity index (χ0) is 14.4. The molecule has 2 amide bonds. The highest BCUT2D eigenvalue weighted by atomic mass is 16.2. The second kappa shape index (κ2) is 6.78. The van der Waals surface area contributed by atoms with Crippen LogP contribution < -0.4 is 11.1 Å². The first-order valence-corrected chi connectivity index (χ1v) is 6.40. The number of carbonyl (C=O) groups is 1. The van der Waals surface area contributed by atoms with Gasteiger partial charge in [-0.25, -0.2) is 4.79 Å². The summed E-state index contributed by atoms with van der Waals surface area (Å²) in [6.07, 6.45) is 0. The predicted octanol–water partition coefficient (Wildman–Crippen LogP) is 2.42. The van der Waals surface area contributed by atoms with Crippen molar-refractivity contribution in [3.8, 4) is 0 Å². The van der Waals surface area contributed by atoms with Gasteiger partial charge in [0.2, 0.25) is 0 Å². The SMILES string of the molecule is CCN(CC(C)C(=N)N)C(=O)Nc1cccc(C)c1. The fraction of sp³-hybridized carbons (Fsp3) is 0.429. The second-order valence-corrected chi connectivity index (χ2v) is 4.69. The van der Waals surface area contributed by atoms with Gasteiger partial charge in [-0.15, -0.1) is 0 Å². The van der Waals surface area contributed by atoms with Crippen molar-refractivity contribution in [2.45, 2.75) is 20.8 Å². The Morgan fingerprint density at radius 2 is 2.21 bits per heavy atom. The van der Waals surface area contributed by atoms with Gasteiger partial charge in [-0.3, -0.25) is 5.41 Å². The Hall–Kier alpha value is -2.04. The number of aryl methyl sites for hydroxylation is 1. The molecule has 5 heteroatoms. The summed E-state index contributed by atoms with van der Waals surface area (Å²) < 4.78 is 0. The van der Waals surface area contributed by atoms with Crippen LogP contribution in [0.25, 0.3) is 0 Å². The van der Waals surface area contributed by atoms with E-state index < -0.39 is 0 Å². The highest BCUT2D eigenvalue weighted by molar-refractivity contribution is 5.90. The lowest BCUT2D eigenvalue weighted by molar-refractivity contribution is 0.211. The molecule has 0 aromatic heterocycles. The Kier molecular flexibility index (Phi) is 5.36. The maximum Gasteiger partial charge on any atom is 0.321 e. The first kappa shape index (κ1) is 15.0. The Labute approximate surface area is 114 Å². The molecule has 0 radical (unpaired) electrons. The summed E-state index contributed by atoms with van der Waals surface area (Å²) in [5.41, 5.74) is 7.31. The first-order chi connectivity index (χ1) is 8.93. The standard InChI is InChI=1S/C14H22N4O/c1-4-18(9-11(3)13(15)16)14(19)17-12-7-5-6-10(2)8-12/h5-8,11H,4,9H2,1-3H3,(H3,15,16)(H,17,19). The Balaban J connectivity index is 2.66. The van der Waals surface area contributed by atoms with Crippen molar-refractivity contribution in [1.29, 1.82) is 5.41 Å². The second-order valence-electron chi connectivity index (χ2n) is 4.69. The van der Waals surface area contributed by atoms with Crippen molar-refractivity contribution >= 4 is 17.6 Å². The van der Waals surface area contributed by atoms with E-state index in [2.05, 4.69) is 5.32 Å². The minimum atomic E-state index is -0.166. The molecule has 1 aromatic carbocycles. The van der Waals surface area contributed by atoms with Crippen LogP contribution in [0.1, 0.15) is 19.4 Å². The highest BCUT2D eigenvalue weighted by Crippen LogP contribution is 2.11. The maximum absolute atomic E-state index is 12.1. The molecule has 0 saturated carbocycles. The molecule has 0 aliphatic heterocycles. The molecule has 0 aliphatic rings. The van der Waals surface area contributed by atoms with Crippen LogP contribution in [-0.4, -0.2) is 29.9 Å². The number of rotatable bonds is 5. The van der Waals surface area contributed by atoms with Gasteiger partial charge < -0.3 is 16.0 Å². The molecular weight excluding hydrogens is 240 g/mol. The van der Waals surface area contributed by atoms with Gasteiger partial charge in [-0.05, 0) is 31.5 Å². The van der Waals surface area contributed by atoms with E-state index in [1.807, 2.05) is 45.0 Å². The van der Waals surface area contributed by atoms with E-state index in [-0.39, 0.29) is 17.8 Å². The monoisotopic (exact) mass is 262 g/mol. The first-order valence-electron chi connectivity index (χ1n) is 6.40. The number of nitrogens with one attached hydrogen (secondary N) is 2. The topological polar surface area (TPSA) is 82.2 Å². The molecule has 1 aromatic rings. The van der Waals surface area contributed by atoms with Gasteiger partial charge in [0, 0.05) is 24.7 Å².